The van der Waals surface area contributed by atoms with Crippen LogP contribution in [0.4, 0.5) is 0 Å². The highest BCUT2D eigenvalue weighted by atomic mass is 16.6. The Hall–Kier alpha value is -5.39. The normalized spacial score (nSPS) is 12.5. The molecule has 0 saturated heterocycles. The minimum atomic E-state index is -0.908. The zero-order valence-corrected chi connectivity index (χ0v) is 46.3. The second kappa shape index (κ2) is 36.5. The second-order valence-electron chi connectivity index (χ2n) is 20.2. The summed E-state index contributed by atoms with van der Waals surface area (Å²) in [7, 11) is 1.58. The van der Waals surface area contributed by atoms with Gasteiger partial charge in [0.1, 0.15) is 28.7 Å². The van der Waals surface area contributed by atoms with E-state index in [0.29, 0.717) is 23.8 Å². The van der Waals surface area contributed by atoms with E-state index >= 15 is 0 Å². The summed E-state index contributed by atoms with van der Waals surface area (Å²) in [5, 5.41) is 22.6. The third kappa shape index (κ3) is 23.4. The van der Waals surface area contributed by atoms with Crippen LogP contribution >= 0.6 is 0 Å². The Balaban J connectivity index is 1.35. The molecule has 3 unspecified atom stereocenters. The minimum absolute atomic E-state index is 0.126. The monoisotopic (exact) mass is 1020 g/mol. The van der Waals surface area contributed by atoms with Crippen molar-refractivity contribution in [1.82, 2.24) is 15.0 Å². The lowest BCUT2D eigenvalue weighted by atomic mass is 9.94. The Morgan fingerprint density at radius 2 is 0.811 bits per heavy atom. The van der Waals surface area contributed by atoms with E-state index in [1.54, 1.807) is 76.4 Å². The zero-order chi connectivity index (χ0) is 53.2. The van der Waals surface area contributed by atoms with Crippen LogP contribution < -0.4 is 14.2 Å². The van der Waals surface area contributed by atoms with E-state index in [4.69, 9.17) is 33.7 Å². The quantitative estimate of drug-likeness (QED) is 0.0320. The fourth-order valence-corrected chi connectivity index (χ4v) is 9.33. The molecule has 0 amide bonds. The van der Waals surface area contributed by atoms with E-state index in [-0.39, 0.29) is 58.2 Å². The minimum Gasteiger partial charge on any atom is -0.507 e. The van der Waals surface area contributed by atoms with Crippen molar-refractivity contribution in [2.45, 2.75) is 227 Å². The number of unbranched alkanes of at least 4 members (excludes halogenated alkanes) is 24. The molecule has 0 aliphatic heterocycles. The summed E-state index contributed by atoms with van der Waals surface area (Å²) in [4.78, 5) is 39.7. The number of phenolic OH excluding ortho intramolecular Hbond substituents is 2. The first-order valence-electron chi connectivity index (χ1n) is 28.8. The van der Waals surface area contributed by atoms with Crippen molar-refractivity contribution in [2.75, 3.05) is 20.3 Å². The van der Waals surface area contributed by atoms with Crippen LogP contribution in [0.1, 0.15) is 214 Å². The van der Waals surface area contributed by atoms with Gasteiger partial charge in [-0.2, -0.15) is 0 Å². The predicted octanol–water partition coefficient (Wildman–Crippen LogP) is 16.5. The highest BCUT2D eigenvalue weighted by Gasteiger charge is 2.23. The number of ether oxygens (including phenoxy) is 5. The van der Waals surface area contributed by atoms with E-state index in [2.05, 4.69) is 18.8 Å². The van der Waals surface area contributed by atoms with Crippen LogP contribution in [-0.4, -0.2) is 69.6 Å². The lowest BCUT2D eigenvalue weighted by Gasteiger charge is -2.20. The van der Waals surface area contributed by atoms with Gasteiger partial charge < -0.3 is 33.9 Å². The van der Waals surface area contributed by atoms with Crippen molar-refractivity contribution in [3.05, 3.63) is 60.7 Å². The van der Waals surface area contributed by atoms with E-state index < -0.39 is 24.1 Å². The molecule has 2 N–H and O–H groups in total. The maximum absolute atomic E-state index is 13.5. The summed E-state index contributed by atoms with van der Waals surface area (Å²) < 4.78 is 28.1. The summed E-state index contributed by atoms with van der Waals surface area (Å²) in [5.41, 5.74) is 1.18. The third-order valence-electron chi connectivity index (χ3n) is 13.9. The molecule has 12 heteroatoms. The second-order valence-corrected chi connectivity index (χ2v) is 20.2. The van der Waals surface area contributed by atoms with Crippen molar-refractivity contribution in [1.29, 1.82) is 0 Å². The van der Waals surface area contributed by atoms with Gasteiger partial charge in [0.15, 0.2) is 29.7 Å². The Morgan fingerprint density at radius 3 is 1.18 bits per heavy atom. The van der Waals surface area contributed by atoms with Crippen molar-refractivity contribution in [3.8, 4) is 62.9 Å². The molecule has 3 aromatic carbocycles. The number of aromatic nitrogens is 3. The number of hydrogen-bond acceptors (Lipinski definition) is 12. The van der Waals surface area contributed by atoms with Gasteiger partial charge in [-0.3, -0.25) is 0 Å². The fraction of sp³-hybridized carbons (Fsp3) is 0.629. The molecule has 74 heavy (non-hydrogen) atoms. The standard InChI is InChI=1S/C62H93N3O9/c1-7-10-12-14-16-18-20-22-23-25-27-29-31-33-35-49(34-32-30-28-26-24-21-19-17-15-13-11-8-2)46-72-62(69)48(5)74-53-41-43-55(57(67)45-53)60-64-58(50-36-38-51(70-6)39-37-50)63-59(65-60)54-42-40-52(44-56(54)66)73-47(4)61(68)71-9-3/h36-45,47-49,66-67H,7-35,46H2,1-6H3. The number of phenols is 2. The maximum Gasteiger partial charge on any atom is 0.347 e. The number of hydrogen-bond donors (Lipinski definition) is 2. The van der Waals surface area contributed by atoms with Gasteiger partial charge >= 0.3 is 11.9 Å². The van der Waals surface area contributed by atoms with Gasteiger partial charge in [0, 0.05) is 17.7 Å². The van der Waals surface area contributed by atoms with Crippen LogP contribution in [0.15, 0.2) is 60.7 Å². The number of carbonyl (C=O) groups excluding carboxylic acids is 2. The molecule has 4 aromatic rings. The predicted molar refractivity (Wildman–Crippen MR) is 298 cm³/mol. The fourth-order valence-electron chi connectivity index (χ4n) is 9.33. The van der Waals surface area contributed by atoms with Crippen LogP contribution in [-0.2, 0) is 19.1 Å². The molecule has 0 spiro atoms. The summed E-state index contributed by atoms with van der Waals surface area (Å²) in [6.07, 6.45) is 34.7. The molecule has 0 aliphatic rings. The topological polar surface area (TPSA) is 159 Å². The van der Waals surface area contributed by atoms with Gasteiger partial charge in [-0.15, -0.1) is 0 Å². The highest BCUT2D eigenvalue weighted by Crippen LogP contribution is 2.36. The Morgan fingerprint density at radius 1 is 0.459 bits per heavy atom. The molecule has 0 bridgehead atoms. The first-order valence-corrected chi connectivity index (χ1v) is 28.8. The van der Waals surface area contributed by atoms with Crippen molar-refractivity contribution in [2.24, 2.45) is 5.92 Å². The van der Waals surface area contributed by atoms with E-state index in [0.717, 1.165) is 25.7 Å². The first kappa shape index (κ1) is 61.2. The summed E-state index contributed by atoms with van der Waals surface area (Å²) >= 11 is 0. The van der Waals surface area contributed by atoms with E-state index in [1.165, 1.54) is 166 Å². The van der Waals surface area contributed by atoms with Crippen molar-refractivity contribution < 1.29 is 43.5 Å². The lowest BCUT2D eigenvalue weighted by molar-refractivity contribution is -0.152. The molecule has 0 fully saturated rings. The van der Waals surface area contributed by atoms with Crippen molar-refractivity contribution >= 4 is 11.9 Å². The first-order chi connectivity index (χ1) is 36.1. The number of methoxy groups -OCH3 is 1. The SMILES string of the molecule is CCCCCCCCCCCCCCCCC(CCCCCCCCCCCCCC)COC(=O)C(C)Oc1ccc(-c2nc(-c3ccc(OC)cc3)nc(-c3ccc(OC(C)C(=O)OCC)cc3O)n2)c(O)c1. The molecule has 0 radical (unpaired) electrons. The third-order valence-corrected chi connectivity index (χ3v) is 13.9. The lowest BCUT2D eigenvalue weighted by Crippen LogP contribution is -2.28. The molecule has 1 aromatic heterocycles. The van der Waals surface area contributed by atoms with Crippen LogP contribution in [0.3, 0.4) is 0 Å². The molecule has 4 rings (SSSR count). The van der Waals surface area contributed by atoms with Crippen LogP contribution in [0.25, 0.3) is 34.2 Å². The Labute approximate surface area is 445 Å². The Kier molecular flexibility index (Phi) is 30.2. The van der Waals surface area contributed by atoms with Gasteiger partial charge in [0.2, 0.25) is 0 Å². The van der Waals surface area contributed by atoms with E-state index in [9.17, 15) is 19.8 Å². The number of nitrogens with zero attached hydrogens (tertiary/aromatic N) is 3. The smallest absolute Gasteiger partial charge is 0.347 e. The molecule has 1 heterocycles. The molecular weight excluding hydrogens is 931 g/mol. The molecule has 410 valence electrons. The van der Waals surface area contributed by atoms with Crippen LogP contribution in [0.2, 0.25) is 0 Å². The van der Waals surface area contributed by atoms with Gasteiger partial charge in [-0.05, 0) is 88.1 Å². The molecule has 0 saturated carbocycles. The Bertz CT molecular complexity index is 2170. The molecule has 12 nitrogen and oxygen atoms in total. The number of carbonyl (C=O) groups is 2. The summed E-state index contributed by atoms with van der Waals surface area (Å²) in [5.74, 6) is 0.680. The van der Waals surface area contributed by atoms with Gasteiger partial charge in [0.05, 0.1) is 31.5 Å². The molecule has 0 aliphatic carbocycles. The van der Waals surface area contributed by atoms with Crippen LogP contribution in [0, 0.1) is 5.92 Å². The zero-order valence-electron chi connectivity index (χ0n) is 46.3. The number of benzene rings is 3. The van der Waals surface area contributed by atoms with Crippen LogP contribution in [0.5, 0.6) is 28.7 Å². The average molecular weight is 1020 g/mol. The number of esters is 2. The molecular formula is C62H93N3O9. The van der Waals surface area contributed by atoms with Gasteiger partial charge in [0.25, 0.3) is 0 Å². The highest BCUT2D eigenvalue weighted by molar-refractivity contribution is 5.76. The average Bonchev–Trinajstić information content (AvgIpc) is 3.40. The van der Waals surface area contributed by atoms with E-state index in [1.807, 2.05) is 0 Å². The van der Waals surface area contributed by atoms with Gasteiger partial charge in [-0.1, -0.05) is 181 Å². The van der Waals surface area contributed by atoms with Gasteiger partial charge in [-0.25, -0.2) is 24.5 Å². The van der Waals surface area contributed by atoms with Crippen molar-refractivity contribution in [3.63, 3.8) is 0 Å². The number of aromatic hydroxyl groups is 2. The maximum atomic E-state index is 13.5. The summed E-state index contributed by atoms with van der Waals surface area (Å²) in [6.45, 7) is 10.1. The summed E-state index contributed by atoms with van der Waals surface area (Å²) in [6, 6.07) is 16.4. The largest absolute Gasteiger partial charge is 0.507 e. The molecule has 3 atom stereocenters. The number of rotatable bonds is 41.